The predicted molar refractivity (Wildman–Crippen MR) is 181 cm³/mol. The number of carbonyl (C=O) groups excluding carboxylic acids is 2. The number of allylic oxidation sites excluding steroid dienone is 4. The van der Waals surface area contributed by atoms with E-state index in [1.165, 1.54) is 89.9 Å². The van der Waals surface area contributed by atoms with Gasteiger partial charge in [0.1, 0.15) is 0 Å². The molecule has 0 unspecified atom stereocenters. The van der Waals surface area contributed by atoms with Crippen molar-refractivity contribution in [2.45, 2.75) is 180 Å². The quantitative estimate of drug-likeness (QED) is 0.0426. The Bertz CT molecular complexity index is 585. The summed E-state index contributed by atoms with van der Waals surface area (Å²) in [6, 6.07) is 0. The average Bonchev–Trinajstić information content (AvgIpc) is 2.99. The van der Waals surface area contributed by atoms with Crippen LogP contribution in [0.3, 0.4) is 0 Å². The molecule has 0 spiro atoms. The van der Waals surface area contributed by atoms with Crippen molar-refractivity contribution in [3.63, 3.8) is 0 Å². The first-order valence-electron chi connectivity index (χ1n) is 17.9. The van der Waals surface area contributed by atoms with Gasteiger partial charge in [0, 0.05) is 12.8 Å². The van der Waals surface area contributed by atoms with E-state index in [1.807, 2.05) is 12.2 Å². The number of carbonyl (C=O) groups is 2. The molecular weight excluding hydrogens is 520 g/mol. The largest absolute Gasteiger partial charge is 0.466 e. The summed E-state index contributed by atoms with van der Waals surface area (Å²) in [7, 11) is 0. The van der Waals surface area contributed by atoms with Crippen molar-refractivity contribution in [3.8, 4) is 0 Å². The smallest absolute Gasteiger partial charge is 0.305 e. The molecule has 0 aromatic heterocycles. The third kappa shape index (κ3) is 34.4. The van der Waals surface area contributed by atoms with Crippen LogP contribution >= 0.6 is 0 Å². The summed E-state index contributed by atoms with van der Waals surface area (Å²) < 4.78 is 10.7. The van der Waals surface area contributed by atoms with Crippen LogP contribution in [0.2, 0.25) is 0 Å². The third-order valence-corrected chi connectivity index (χ3v) is 7.80. The minimum absolute atomic E-state index is 0.0196. The number of hydrogen-bond acceptors (Lipinski definition) is 4. The first-order chi connectivity index (χ1) is 20.7. The fraction of sp³-hybridized carbons (Fsp3) is 0.789. The molecule has 4 heteroatoms. The Kier molecular flexibility index (Phi) is 33.8. The monoisotopic (exact) mass is 589 g/mol. The van der Waals surface area contributed by atoms with Gasteiger partial charge in [0.05, 0.1) is 13.2 Å². The van der Waals surface area contributed by atoms with Gasteiger partial charge in [0.2, 0.25) is 0 Å². The van der Waals surface area contributed by atoms with Crippen LogP contribution in [0.5, 0.6) is 0 Å². The zero-order valence-corrected chi connectivity index (χ0v) is 27.6. The van der Waals surface area contributed by atoms with Crippen molar-refractivity contribution in [2.24, 2.45) is 0 Å². The maximum Gasteiger partial charge on any atom is 0.305 e. The maximum absolute atomic E-state index is 11.8. The molecule has 42 heavy (non-hydrogen) atoms. The molecule has 0 radical (unpaired) electrons. The van der Waals surface area contributed by atoms with Crippen molar-refractivity contribution in [1.29, 1.82) is 0 Å². The maximum atomic E-state index is 11.8. The van der Waals surface area contributed by atoms with Crippen LogP contribution in [0.4, 0.5) is 0 Å². The fourth-order valence-corrected chi connectivity index (χ4v) is 5.07. The molecule has 0 saturated heterocycles. The van der Waals surface area contributed by atoms with Crippen molar-refractivity contribution in [3.05, 3.63) is 37.5 Å². The highest BCUT2D eigenvalue weighted by Gasteiger charge is 2.03. The SMILES string of the molecule is C=CCCCCCCCCOC(=O)CCCCCCCC=CCCCCCCCC(=O)OCCCCCCCCC=C. The molecule has 0 aliphatic rings. The van der Waals surface area contributed by atoms with Gasteiger partial charge in [-0.25, -0.2) is 0 Å². The molecule has 0 atom stereocenters. The molecule has 0 aliphatic heterocycles. The lowest BCUT2D eigenvalue weighted by Crippen LogP contribution is -2.05. The highest BCUT2D eigenvalue weighted by atomic mass is 16.5. The lowest BCUT2D eigenvalue weighted by atomic mass is 10.1. The minimum atomic E-state index is -0.0196. The lowest BCUT2D eigenvalue weighted by Gasteiger charge is -2.05. The molecule has 4 nitrogen and oxygen atoms in total. The zero-order chi connectivity index (χ0) is 30.6. The van der Waals surface area contributed by atoms with Gasteiger partial charge >= 0.3 is 11.9 Å². The van der Waals surface area contributed by atoms with Crippen molar-refractivity contribution < 1.29 is 19.1 Å². The van der Waals surface area contributed by atoms with Crippen LogP contribution in [0.1, 0.15) is 180 Å². The van der Waals surface area contributed by atoms with E-state index in [-0.39, 0.29) is 11.9 Å². The molecule has 0 rings (SSSR count). The molecular formula is C38H68O4. The number of unbranched alkanes of at least 4 members (excludes halogenated alkanes) is 22. The summed E-state index contributed by atoms with van der Waals surface area (Å²) in [5, 5.41) is 0. The van der Waals surface area contributed by atoms with Crippen molar-refractivity contribution in [2.75, 3.05) is 13.2 Å². The Morgan fingerprint density at radius 1 is 0.381 bits per heavy atom. The Morgan fingerprint density at radius 3 is 1.02 bits per heavy atom. The summed E-state index contributed by atoms with van der Waals surface area (Å²) in [4.78, 5) is 23.7. The van der Waals surface area contributed by atoms with Gasteiger partial charge in [-0.15, -0.1) is 13.2 Å². The van der Waals surface area contributed by atoms with E-state index in [0.717, 1.165) is 77.0 Å². The van der Waals surface area contributed by atoms with E-state index in [2.05, 4.69) is 25.3 Å². The second-order valence-corrected chi connectivity index (χ2v) is 11.9. The van der Waals surface area contributed by atoms with Gasteiger partial charge in [-0.2, -0.15) is 0 Å². The second-order valence-electron chi connectivity index (χ2n) is 11.9. The molecule has 0 aliphatic carbocycles. The Balaban J connectivity index is 3.27. The van der Waals surface area contributed by atoms with Gasteiger partial charge in [-0.1, -0.05) is 114 Å². The van der Waals surface area contributed by atoms with Gasteiger partial charge in [0.25, 0.3) is 0 Å². The third-order valence-electron chi connectivity index (χ3n) is 7.80. The van der Waals surface area contributed by atoms with Crippen molar-refractivity contribution >= 4 is 11.9 Å². The van der Waals surface area contributed by atoms with Crippen LogP contribution in [0, 0.1) is 0 Å². The Labute approximate surface area is 261 Å². The summed E-state index contributed by atoms with van der Waals surface area (Å²) >= 11 is 0. The molecule has 0 aromatic carbocycles. The zero-order valence-electron chi connectivity index (χ0n) is 27.6. The van der Waals surface area contributed by atoms with Gasteiger partial charge in [-0.3, -0.25) is 9.59 Å². The fourth-order valence-electron chi connectivity index (χ4n) is 5.07. The molecule has 0 fully saturated rings. The van der Waals surface area contributed by atoms with Crippen LogP contribution in [-0.2, 0) is 19.1 Å². The second kappa shape index (κ2) is 35.4. The summed E-state index contributed by atoms with van der Waals surface area (Å²) in [6.45, 7) is 8.69. The highest BCUT2D eigenvalue weighted by molar-refractivity contribution is 5.69. The molecule has 0 aromatic rings. The van der Waals surface area contributed by atoms with Crippen LogP contribution < -0.4 is 0 Å². The number of rotatable bonds is 34. The van der Waals surface area contributed by atoms with E-state index < -0.39 is 0 Å². The number of ether oxygens (including phenoxy) is 2. The Morgan fingerprint density at radius 2 is 0.667 bits per heavy atom. The molecule has 0 amide bonds. The van der Waals surface area contributed by atoms with Crippen LogP contribution in [0.25, 0.3) is 0 Å². The molecule has 0 heterocycles. The number of esters is 2. The van der Waals surface area contributed by atoms with E-state index in [9.17, 15) is 9.59 Å². The normalized spacial score (nSPS) is 11.1. The molecule has 0 saturated carbocycles. The summed E-state index contributed by atoms with van der Waals surface area (Å²) in [5.41, 5.74) is 0. The summed E-state index contributed by atoms with van der Waals surface area (Å²) in [6.07, 6.45) is 40.3. The first kappa shape index (κ1) is 40.2. The van der Waals surface area contributed by atoms with Crippen molar-refractivity contribution in [1.82, 2.24) is 0 Å². The molecule has 244 valence electrons. The van der Waals surface area contributed by atoms with Crippen LogP contribution in [-0.4, -0.2) is 25.2 Å². The van der Waals surface area contributed by atoms with Gasteiger partial charge < -0.3 is 9.47 Å². The first-order valence-corrected chi connectivity index (χ1v) is 17.9. The van der Waals surface area contributed by atoms with E-state index in [0.29, 0.717) is 26.1 Å². The Hall–Kier alpha value is -1.84. The van der Waals surface area contributed by atoms with Gasteiger partial charge in [-0.05, 0) is 77.0 Å². The van der Waals surface area contributed by atoms with Gasteiger partial charge in [0.15, 0.2) is 0 Å². The molecule has 0 bridgehead atoms. The van der Waals surface area contributed by atoms with E-state index in [4.69, 9.17) is 9.47 Å². The van der Waals surface area contributed by atoms with E-state index >= 15 is 0 Å². The standard InChI is InChI=1S/C38H68O4/c1-3-5-7-9-11-23-27-31-35-41-37(39)33-29-25-21-19-17-15-13-14-16-18-20-22-26-30-34-38(40)42-36-32-28-24-12-10-8-6-4-2/h3-4,13-14H,1-2,5-12,15-36H2. The van der Waals surface area contributed by atoms with E-state index in [1.54, 1.807) is 0 Å². The minimum Gasteiger partial charge on any atom is -0.466 e. The average molecular weight is 589 g/mol. The topological polar surface area (TPSA) is 52.6 Å². The lowest BCUT2D eigenvalue weighted by molar-refractivity contribution is -0.144. The summed E-state index contributed by atoms with van der Waals surface area (Å²) in [5.74, 6) is -0.0393. The molecule has 0 N–H and O–H groups in total. The predicted octanol–water partition coefficient (Wildman–Crippen LogP) is 11.9. The highest BCUT2D eigenvalue weighted by Crippen LogP contribution is 2.12. The number of hydrogen-bond donors (Lipinski definition) is 0. The van der Waals surface area contributed by atoms with Crippen LogP contribution in [0.15, 0.2) is 37.5 Å².